The van der Waals surface area contributed by atoms with Crippen molar-refractivity contribution < 1.29 is 18.7 Å². The normalized spacial score (nSPS) is 19.1. The number of carbonyl (C=O) groups excluding carboxylic acids is 1. The second-order valence-corrected chi connectivity index (χ2v) is 11.9. The zero-order chi connectivity index (χ0) is 26.3. The molecule has 2 heterocycles. The topological polar surface area (TPSA) is 42.0 Å². The second kappa shape index (κ2) is 10.5. The first-order valence-electron chi connectivity index (χ1n) is 13.5. The largest absolute Gasteiger partial charge is 0.494 e. The van der Waals surface area contributed by atoms with E-state index >= 15 is 0 Å². The summed E-state index contributed by atoms with van der Waals surface area (Å²) in [7, 11) is 0. The van der Waals surface area contributed by atoms with Crippen LogP contribution in [-0.4, -0.2) is 42.8 Å². The van der Waals surface area contributed by atoms with E-state index in [9.17, 15) is 9.18 Å². The summed E-state index contributed by atoms with van der Waals surface area (Å²) in [6.45, 7) is 5.71. The zero-order valence-corrected chi connectivity index (χ0v) is 23.7. The average molecular weight is 627 g/mol. The minimum Gasteiger partial charge on any atom is -0.494 e. The second-order valence-electron chi connectivity index (χ2n) is 10.7. The Bertz CT molecular complexity index is 1320. The fraction of sp³-hybridized carbons (Fsp3) is 0.387. The fourth-order valence-corrected chi connectivity index (χ4v) is 6.09. The van der Waals surface area contributed by atoms with Crippen molar-refractivity contribution in [2.75, 3.05) is 31.1 Å². The third-order valence-electron chi connectivity index (χ3n) is 7.97. The summed E-state index contributed by atoms with van der Waals surface area (Å²) in [4.78, 5) is 17.0. The van der Waals surface area contributed by atoms with E-state index in [-0.39, 0.29) is 11.9 Å². The van der Waals surface area contributed by atoms with Crippen LogP contribution in [0.15, 0.2) is 60.7 Å². The number of carbonyl (C=O) groups is 1. The molecule has 1 aliphatic carbocycles. The molecule has 5 nitrogen and oxygen atoms in total. The van der Waals surface area contributed by atoms with Crippen LogP contribution in [0.4, 0.5) is 14.9 Å². The van der Waals surface area contributed by atoms with Gasteiger partial charge in [0.2, 0.25) is 0 Å². The monoisotopic (exact) mass is 626 g/mol. The van der Waals surface area contributed by atoms with Crippen LogP contribution in [-0.2, 0) is 11.3 Å². The average Bonchev–Trinajstić information content (AvgIpc) is 3.71. The van der Waals surface area contributed by atoms with Crippen molar-refractivity contribution >= 4 is 34.4 Å². The summed E-state index contributed by atoms with van der Waals surface area (Å²) < 4.78 is 26.8. The van der Waals surface area contributed by atoms with Gasteiger partial charge < -0.3 is 9.47 Å². The molecule has 198 valence electrons. The van der Waals surface area contributed by atoms with Crippen LogP contribution in [0.2, 0.25) is 0 Å². The lowest BCUT2D eigenvalue weighted by Crippen LogP contribution is -2.46. The van der Waals surface area contributed by atoms with Gasteiger partial charge in [0.1, 0.15) is 17.2 Å². The number of amides is 1. The summed E-state index contributed by atoms with van der Waals surface area (Å²) >= 11 is 2.27. The van der Waals surface area contributed by atoms with Crippen molar-refractivity contribution in [3.05, 3.63) is 81.2 Å². The SMILES string of the molecule is CCOc1cc(-c2ccc(F)cc2)c(C2CC2)cc1CN1CCC2(CC1)CN(c1ccc(I)cc1)C(=O)O2. The third-order valence-corrected chi connectivity index (χ3v) is 8.69. The summed E-state index contributed by atoms with van der Waals surface area (Å²) in [6, 6.07) is 19.3. The van der Waals surface area contributed by atoms with E-state index in [4.69, 9.17) is 9.47 Å². The number of anilines is 1. The highest BCUT2D eigenvalue weighted by molar-refractivity contribution is 14.1. The number of hydrogen-bond acceptors (Lipinski definition) is 4. The lowest BCUT2D eigenvalue weighted by molar-refractivity contribution is -0.00111. The van der Waals surface area contributed by atoms with Gasteiger partial charge in [0.15, 0.2) is 0 Å². The predicted octanol–water partition coefficient (Wildman–Crippen LogP) is 7.36. The number of piperidine rings is 1. The zero-order valence-electron chi connectivity index (χ0n) is 21.6. The van der Waals surface area contributed by atoms with Crippen LogP contribution < -0.4 is 9.64 Å². The fourth-order valence-electron chi connectivity index (χ4n) is 5.73. The molecule has 0 N–H and O–H groups in total. The van der Waals surface area contributed by atoms with Crippen molar-refractivity contribution in [2.45, 2.75) is 50.7 Å². The van der Waals surface area contributed by atoms with Gasteiger partial charge in [-0.3, -0.25) is 9.80 Å². The number of nitrogens with zero attached hydrogens (tertiary/aromatic N) is 2. The first-order valence-corrected chi connectivity index (χ1v) is 14.5. The Morgan fingerprint density at radius 3 is 2.42 bits per heavy atom. The molecule has 0 bridgehead atoms. The van der Waals surface area contributed by atoms with E-state index in [2.05, 4.69) is 39.6 Å². The van der Waals surface area contributed by atoms with Crippen LogP contribution in [0.1, 0.15) is 49.7 Å². The van der Waals surface area contributed by atoms with E-state index in [1.165, 1.54) is 36.1 Å². The Labute approximate surface area is 237 Å². The van der Waals surface area contributed by atoms with Gasteiger partial charge in [0.05, 0.1) is 13.2 Å². The summed E-state index contributed by atoms with van der Waals surface area (Å²) in [5.41, 5.74) is 5.17. The standard InChI is InChI=1S/C31H32FIN2O3/c1-2-37-29-18-28(22-5-7-24(32)8-6-22)27(21-3-4-21)17-23(29)19-34-15-13-31(14-16-34)20-35(30(36)38-31)26-11-9-25(33)10-12-26/h5-12,17-18,21H,2-4,13-16,19-20H2,1H3. The molecule has 6 rings (SSSR count). The molecular weight excluding hydrogens is 594 g/mol. The molecule has 0 unspecified atom stereocenters. The minimum atomic E-state index is -0.426. The third kappa shape index (κ3) is 5.27. The van der Waals surface area contributed by atoms with E-state index in [0.717, 1.165) is 58.6 Å². The Hall–Kier alpha value is -2.65. The highest BCUT2D eigenvalue weighted by Crippen LogP contribution is 2.47. The summed E-state index contributed by atoms with van der Waals surface area (Å²) in [6.07, 6.45) is 3.76. The molecular formula is C31H32FIN2O3. The molecule has 1 spiro atoms. The first kappa shape index (κ1) is 25.6. The predicted molar refractivity (Wildman–Crippen MR) is 155 cm³/mol. The van der Waals surface area contributed by atoms with Gasteiger partial charge in [-0.05, 0) is 113 Å². The number of likely N-dealkylation sites (tertiary alicyclic amines) is 1. The lowest BCUT2D eigenvalue weighted by atomic mass is 9.90. The van der Waals surface area contributed by atoms with Gasteiger partial charge in [-0.15, -0.1) is 0 Å². The number of rotatable bonds is 7. The molecule has 3 aromatic carbocycles. The molecule has 38 heavy (non-hydrogen) atoms. The van der Waals surface area contributed by atoms with Crippen molar-refractivity contribution in [1.82, 2.24) is 4.90 Å². The molecule has 3 aliphatic rings. The van der Waals surface area contributed by atoms with Gasteiger partial charge in [-0.2, -0.15) is 0 Å². The first-order chi connectivity index (χ1) is 18.4. The van der Waals surface area contributed by atoms with Gasteiger partial charge >= 0.3 is 6.09 Å². The molecule has 0 radical (unpaired) electrons. The number of ether oxygens (including phenoxy) is 2. The molecule has 1 saturated carbocycles. The maximum Gasteiger partial charge on any atom is 0.415 e. The maximum atomic E-state index is 13.6. The van der Waals surface area contributed by atoms with Crippen molar-refractivity contribution in [3.63, 3.8) is 0 Å². The van der Waals surface area contributed by atoms with Gasteiger partial charge in [-0.25, -0.2) is 9.18 Å². The Morgan fingerprint density at radius 1 is 1.05 bits per heavy atom. The van der Waals surface area contributed by atoms with Crippen molar-refractivity contribution in [2.24, 2.45) is 0 Å². The van der Waals surface area contributed by atoms with Gasteiger partial charge in [-0.1, -0.05) is 12.1 Å². The van der Waals surface area contributed by atoms with Gasteiger partial charge in [0.25, 0.3) is 0 Å². The number of benzene rings is 3. The maximum absolute atomic E-state index is 13.6. The van der Waals surface area contributed by atoms with Crippen molar-refractivity contribution in [1.29, 1.82) is 0 Å². The van der Waals surface area contributed by atoms with Gasteiger partial charge in [0, 0.05) is 47.3 Å². The van der Waals surface area contributed by atoms with Crippen LogP contribution in [0.5, 0.6) is 5.75 Å². The minimum absolute atomic E-state index is 0.221. The Morgan fingerprint density at radius 2 is 1.76 bits per heavy atom. The molecule has 2 saturated heterocycles. The van der Waals surface area contributed by atoms with E-state index in [1.807, 2.05) is 43.3 Å². The highest BCUT2D eigenvalue weighted by Gasteiger charge is 2.47. The lowest BCUT2D eigenvalue weighted by Gasteiger charge is -2.37. The molecule has 2 aliphatic heterocycles. The molecule has 3 fully saturated rings. The smallest absolute Gasteiger partial charge is 0.415 e. The molecule has 1 amide bonds. The van der Waals surface area contributed by atoms with Crippen LogP contribution in [0.3, 0.4) is 0 Å². The van der Waals surface area contributed by atoms with Crippen molar-refractivity contribution in [3.8, 4) is 16.9 Å². The van der Waals surface area contributed by atoms with E-state index in [0.29, 0.717) is 19.1 Å². The Kier molecular flexibility index (Phi) is 7.07. The van der Waals surface area contributed by atoms with E-state index < -0.39 is 5.60 Å². The quantitative estimate of drug-likeness (QED) is 0.257. The van der Waals surface area contributed by atoms with Crippen LogP contribution >= 0.6 is 22.6 Å². The highest BCUT2D eigenvalue weighted by atomic mass is 127. The summed E-state index contributed by atoms with van der Waals surface area (Å²) in [5.74, 6) is 1.23. The molecule has 7 heteroatoms. The van der Waals surface area contributed by atoms with Crippen LogP contribution in [0, 0.1) is 9.39 Å². The van der Waals surface area contributed by atoms with Crippen LogP contribution in [0.25, 0.3) is 11.1 Å². The van der Waals surface area contributed by atoms with E-state index in [1.54, 1.807) is 4.90 Å². The molecule has 0 aromatic heterocycles. The Balaban J connectivity index is 1.18. The molecule has 3 aromatic rings. The summed E-state index contributed by atoms with van der Waals surface area (Å²) in [5, 5.41) is 0. The molecule has 0 atom stereocenters. The number of hydrogen-bond donors (Lipinski definition) is 0. The number of halogens is 2.